The number of benzene rings is 1. The zero-order valence-corrected chi connectivity index (χ0v) is 9.56. The van der Waals surface area contributed by atoms with Gasteiger partial charge in [0, 0.05) is 11.1 Å². The van der Waals surface area contributed by atoms with Crippen LogP contribution in [0.15, 0.2) is 18.2 Å². The fraction of sp³-hybridized carbons (Fsp3) is 0.538. The Hall–Kier alpha value is -0.530. The van der Waals surface area contributed by atoms with Gasteiger partial charge in [-0.15, -0.1) is 0 Å². The van der Waals surface area contributed by atoms with Gasteiger partial charge in [-0.1, -0.05) is 17.7 Å². The summed E-state index contributed by atoms with van der Waals surface area (Å²) in [5.74, 6) is 0.854. The molecule has 3 rings (SSSR count). The van der Waals surface area contributed by atoms with E-state index in [1.807, 2.05) is 6.07 Å². The molecule has 1 nitrogen and oxygen atoms in total. The summed E-state index contributed by atoms with van der Waals surface area (Å²) in [5, 5.41) is 4.53. The Bertz CT molecular complexity index is 375. The van der Waals surface area contributed by atoms with Crippen molar-refractivity contribution in [3.63, 3.8) is 0 Å². The molecule has 2 aliphatic rings. The fourth-order valence-corrected chi connectivity index (χ4v) is 3.26. The molecule has 0 saturated carbocycles. The molecule has 1 heterocycles. The molecular formula is C13H16ClN. The molecule has 0 spiro atoms. The number of hydrogen-bond donors (Lipinski definition) is 1. The van der Waals surface area contributed by atoms with E-state index in [4.69, 9.17) is 11.6 Å². The van der Waals surface area contributed by atoms with Gasteiger partial charge in [-0.25, -0.2) is 0 Å². The summed E-state index contributed by atoms with van der Waals surface area (Å²) in [4.78, 5) is 0. The number of aryl methyl sites for hydroxylation is 1. The van der Waals surface area contributed by atoms with Crippen LogP contribution in [0.2, 0.25) is 5.02 Å². The van der Waals surface area contributed by atoms with Gasteiger partial charge >= 0.3 is 0 Å². The van der Waals surface area contributed by atoms with E-state index in [9.17, 15) is 0 Å². The Morgan fingerprint density at radius 1 is 1.27 bits per heavy atom. The number of rotatable bonds is 0. The summed E-state index contributed by atoms with van der Waals surface area (Å²) in [6.45, 7) is 1.17. The van der Waals surface area contributed by atoms with Crippen molar-refractivity contribution in [2.45, 2.75) is 31.7 Å². The first-order valence-corrected chi connectivity index (χ1v) is 6.24. The number of halogens is 1. The van der Waals surface area contributed by atoms with Crippen molar-refractivity contribution >= 4 is 11.6 Å². The van der Waals surface area contributed by atoms with Crippen molar-refractivity contribution in [3.05, 3.63) is 34.3 Å². The number of hydrogen-bond acceptors (Lipinski definition) is 1. The van der Waals surface area contributed by atoms with E-state index >= 15 is 0 Å². The second-order valence-corrected chi connectivity index (χ2v) is 5.15. The first-order valence-electron chi connectivity index (χ1n) is 5.86. The Balaban J connectivity index is 1.99. The summed E-state index contributed by atoms with van der Waals surface area (Å²) in [5.41, 5.74) is 2.95. The Kier molecular flexibility index (Phi) is 2.45. The lowest BCUT2D eigenvalue weighted by Crippen LogP contribution is -2.37. The number of piperidine rings is 1. The second-order valence-electron chi connectivity index (χ2n) is 4.72. The largest absolute Gasteiger partial charge is 0.310 e. The molecule has 0 bridgehead atoms. The highest BCUT2D eigenvalue weighted by Crippen LogP contribution is 2.39. The summed E-state index contributed by atoms with van der Waals surface area (Å²) in [7, 11) is 0. The van der Waals surface area contributed by atoms with Crippen molar-refractivity contribution in [1.29, 1.82) is 0 Å². The average molecular weight is 222 g/mol. The average Bonchev–Trinajstić information content (AvgIpc) is 2.28. The fourth-order valence-electron chi connectivity index (χ4n) is 3.07. The van der Waals surface area contributed by atoms with E-state index in [0.717, 1.165) is 10.9 Å². The summed E-state index contributed by atoms with van der Waals surface area (Å²) in [6, 6.07) is 6.98. The molecular weight excluding hydrogens is 206 g/mol. The van der Waals surface area contributed by atoms with Gasteiger partial charge in [0.05, 0.1) is 0 Å². The Morgan fingerprint density at radius 3 is 3.13 bits per heavy atom. The monoisotopic (exact) mass is 221 g/mol. The van der Waals surface area contributed by atoms with Crippen molar-refractivity contribution in [3.8, 4) is 0 Å². The topological polar surface area (TPSA) is 12.0 Å². The van der Waals surface area contributed by atoms with Crippen LogP contribution in [0.5, 0.6) is 0 Å². The molecule has 80 valence electrons. The maximum absolute atomic E-state index is 6.03. The second kappa shape index (κ2) is 3.80. The molecule has 1 N–H and O–H groups in total. The smallest absolute Gasteiger partial charge is 0.0408 e. The predicted octanol–water partition coefficient (Wildman–Crippen LogP) is 3.33. The third kappa shape index (κ3) is 1.68. The Labute approximate surface area is 95.8 Å². The molecule has 1 fully saturated rings. The maximum atomic E-state index is 6.03. The maximum Gasteiger partial charge on any atom is 0.0408 e. The van der Waals surface area contributed by atoms with Crippen molar-refractivity contribution in [2.24, 2.45) is 5.92 Å². The zero-order chi connectivity index (χ0) is 10.3. The summed E-state index contributed by atoms with van der Waals surface area (Å²) in [6.07, 6.45) is 5.26. The van der Waals surface area contributed by atoms with Crippen molar-refractivity contribution in [1.82, 2.24) is 5.32 Å². The van der Waals surface area contributed by atoms with E-state index < -0.39 is 0 Å². The van der Waals surface area contributed by atoms with Gasteiger partial charge in [0.2, 0.25) is 0 Å². The molecule has 2 atom stereocenters. The first kappa shape index (κ1) is 9.68. The van der Waals surface area contributed by atoms with E-state index in [2.05, 4.69) is 17.4 Å². The Morgan fingerprint density at radius 2 is 2.20 bits per heavy atom. The molecule has 1 aromatic carbocycles. The van der Waals surface area contributed by atoms with Crippen LogP contribution in [0.3, 0.4) is 0 Å². The van der Waals surface area contributed by atoms with Crippen LogP contribution in [0.25, 0.3) is 0 Å². The van der Waals surface area contributed by atoms with Gasteiger partial charge in [-0.2, -0.15) is 0 Å². The lowest BCUT2D eigenvalue weighted by atomic mass is 9.76. The van der Waals surface area contributed by atoms with E-state index in [-0.39, 0.29) is 0 Å². The van der Waals surface area contributed by atoms with Crippen LogP contribution in [0, 0.1) is 5.92 Å². The first-order chi connectivity index (χ1) is 7.34. The molecule has 1 aromatic rings. The van der Waals surface area contributed by atoms with Crippen LogP contribution >= 0.6 is 11.6 Å². The van der Waals surface area contributed by atoms with Crippen LogP contribution < -0.4 is 5.32 Å². The molecule has 0 aromatic heterocycles. The van der Waals surface area contributed by atoms with Gasteiger partial charge < -0.3 is 5.32 Å². The highest BCUT2D eigenvalue weighted by atomic mass is 35.5. The normalized spacial score (nSPS) is 29.4. The van der Waals surface area contributed by atoms with E-state index in [1.54, 1.807) is 0 Å². The lowest BCUT2D eigenvalue weighted by Gasteiger charge is -2.38. The minimum Gasteiger partial charge on any atom is -0.310 e. The van der Waals surface area contributed by atoms with Crippen molar-refractivity contribution < 1.29 is 0 Å². The zero-order valence-electron chi connectivity index (χ0n) is 8.80. The number of fused-ring (bicyclic) bond motifs is 3. The minimum atomic E-state index is 0.597. The van der Waals surface area contributed by atoms with Crippen LogP contribution in [0.4, 0.5) is 0 Å². The van der Waals surface area contributed by atoms with Gasteiger partial charge in [-0.3, -0.25) is 0 Å². The molecule has 2 unspecified atom stereocenters. The number of nitrogens with one attached hydrogen (secondary N) is 1. The van der Waals surface area contributed by atoms with Crippen LogP contribution in [-0.4, -0.2) is 6.54 Å². The van der Waals surface area contributed by atoms with Crippen LogP contribution in [0.1, 0.15) is 36.4 Å². The molecule has 1 aliphatic carbocycles. The van der Waals surface area contributed by atoms with E-state index in [1.165, 1.54) is 43.4 Å². The summed E-state index contributed by atoms with van der Waals surface area (Å²) < 4.78 is 0. The quantitative estimate of drug-likeness (QED) is 0.709. The molecule has 1 saturated heterocycles. The highest BCUT2D eigenvalue weighted by Gasteiger charge is 2.30. The summed E-state index contributed by atoms with van der Waals surface area (Å²) >= 11 is 6.03. The van der Waals surface area contributed by atoms with Gasteiger partial charge in [0.25, 0.3) is 0 Å². The molecule has 0 radical (unpaired) electrons. The van der Waals surface area contributed by atoms with Crippen molar-refractivity contribution in [2.75, 3.05) is 6.54 Å². The highest BCUT2D eigenvalue weighted by molar-refractivity contribution is 6.30. The third-order valence-corrected chi connectivity index (χ3v) is 4.05. The van der Waals surface area contributed by atoms with Gasteiger partial charge in [0.15, 0.2) is 0 Å². The minimum absolute atomic E-state index is 0.597. The molecule has 1 aliphatic heterocycles. The molecule has 0 amide bonds. The standard InChI is InChI=1S/C13H16ClN/c14-11-5-6-12-10(8-11)4-3-9-2-1-7-15-13(9)12/h5-6,8-9,13,15H,1-4,7H2. The SMILES string of the molecule is Clc1ccc2c(c1)CCC1CCCNC21. The molecule has 2 heteroatoms. The van der Waals surface area contributed by atoms with Gasteiger partial charge in [-0.05, 0) is 61.4 Å². The lowest BCUT2D eigenvalue weighted by molar-refractivity contribution is 0.255. The van der Waals surface area contributed by atoms with Crippen LogP contribution in [-0.2, 0) is 6.42 Å². The van der Waals surface area contributed by atoms with Gasteiger partial charge in [0.1, 0.15) is 0 Å². The third-order valence-electron chi connectivity index (χ3n) is 3.81. The molecule has 15 heavy (non-hydrogen) atoms. The predicted molar refractivity (Wildman–Crippen MR) is 63.2 cm³/mol. The van der Waals surface area contributed by atoms with E-state index in [0.29, 0.717) is 6.04 Å².